The highest BCUT2D eigenvalue weighted by atomic mass is 16.5. The Morgan fingerprint density at radius 2 is 1.94 bits per heavy atom. The molecule has 170 valence electrons. The van der Waals surface area contributed by atoms with Crippen molar-refractivity contribution in [3.63, 3.8) is 0 Å². The Kier molecular flexibility index (Phi) is 5.78. The van der Waals surface area contributed by atoms with E-state index in [1.54, 1.807) is 25.7 Å². The fourth-order valence-corrected chi connectivity index (χ4v) is 4.07. The van der Waals surface area contributed by atoms with E-state index in [4.69, 9.17) is 4.74 Å². The molecule has 34 heavy (non-hydrogen) atoms. The largest absolute Gasteiger partial charge is 0.495 e. The molecule has 3 aromatic heterocycles. The second kappa shape index (κ2) is 9.19. The van der Waals surface area contributed by atoms with Gasteiger partial charge in [-0.2, -0.15) is 10.2 Å². The van der Waals surface area contributed by atoms with Crippen LogP contribution in [0.15, 0.2) is 79.4 Å². The van der Waals surface area contributed by atoms with Crippen molar-refractivity contribution in [2.45, 2.75) is 19.4 Å². The number of pyridine rings is 1. The van der Waals surface area contributed by atoms with Gasteiger partial charge in [-0.25, -0.2) is 0 Å². The number of benzene rings is 2. The van der Waals surface area contributed by atoms with Crippen LogP contribution in [0, 0.1) is 0 Å². The van der Waals surface area contributed by atoms with E-state index in [0.717, 1.165) is 28.5 Å². The highest BCUT2D eigenvalue weighted by Gasteiger charge is 2.17. The highest BCUT2D eigenvalue weighted by molar-refractivity contribution is 6.11. The maximum atomic E-state index is 13.0. The lowest BCUT2D eigenvalue weighted by molar-refractivity contribution is 0.102. The summed E-state index contributed by atoms with van der Waals surface area (Å²) in [5, 5.41) is 15.4. The van der Waals surface area contributed by atoms with E-state index in [1.807, 2.05) is 53.3 Å². The lowest BCUT2D eigenvalue weighted by atomic mass is 10.0. The fraction of sp³-hybridized carbons (Fsp3) is 0.154. The minimum absolute atomic E-state index is 0.0996. The molecule has 0 aliphatic heterocycles. The number of aromatic amines is 1. The standard InChI is InChI=1S/C26H24N6O2/c1-3-24(17-7-5-4-6-8-17)32-16-20(14-28-32)29-26(33)25-22-10-9-18(12-23(22)30-31-25)19-11-21(34-2)15-27-13-19/h4-16,24H,3H2,1-2H3,(H,29,33)(H,30,31). The first-order valence-corrected chi connectivity index (χ1v) is 11.0. The van der Waals surface area contributed by atoms with Crippen LogP contribution in [0.2, 0.25) is 0 Å². The van der Waals surface area contributed by atoms with E-state index in [1.165, 1.54) is 5.56 Å². The number of hydrogen-bond acceptors (Lipinski definition) is 5. The van der Waals surface area contributed by atoms with Gasteiger partial charge in [-0.15, -0.1) is 0 Å². The third kappa shape index (κ3) is 4.13. The minimum Gasteiger partial charge on any atom is -0.495 e. The van der Waals surface area contributed by atoms with Crippen molar-refractivity contribution in [1.82, 2.24) is 25.0 Å². The van der Waals surface area contributed by atoms with Crippen LogP contribution in [-0.4, -0.2) is 38.0 Å². The predicted molar refractivity (Wildman–Crippen MR) is 131 cm³/mol. The highest BCUT2D eigenvalue weighted by Crippen LogP contribution is 2.27. The van der Waals surface area contributed by atoms with Gasteiger partial charge in [-0.3, -0.25) is 19.6 Å². The third-order valence-electron chi connectivity index (χ3n) is 5.81. The molecule has 2 aromatic carbocycles. The molecule has 0 bridgehead atoms. The molecule has 8 heteroatoms. The molecule has 1 atom stereocenters. The van der Waals surface area contributed by atoms with Gasteiger partial charge in [0, 0.05) is 23.3 Å². The minimum atomic E-state index is -0.297. The van der Waals surface area contributed by atoms with Gasteiger partial charge in [-0.1, -0.05) is 43.3 Å². The van der Waals surface area contributed by atoms with E-state index in [9.17, 15) is 4.79 Å². The summed E-state index contributed by atoms with van der Waals surface area (Å²) >= 11 is 0. The maximum absolute atomic E-state index is 13.0. The molecule has 0 fully saturated rings. The van der Waals surface area contributed by atoms with Crippen LogP contribution >= 0.6 is 0 Å². The Morgan fingerprint density at radius 1 is 1.09 bits per heavy atom. The van der Waals surface area contributed by atoms with Crippen molar-refractivity contribution in [3.8, 4) is 16.9 Å². The molecule has 1 unspecified atom stereocenters. The molecular weight excluding hydrogens is 428 g/mol. The Labute approximate surface area is 196 Å². The van der Waals surface area contributed by atoms with Crippen LogP contribution in [0.5, 0.6) is 5.75 Å². The number of amides is 1. The molecule has 8 nitrogen and oxygen atoms in total. The molecule has 5 aromatic rings. The molecule has 0 saturated heterocycles. The van der Waals surface area contributed by atoms with Gasteiger partial charge < -0.3 is 10.1 Å². The smallest absolute Gasteiger partial charge is 0.276 e. The molecule has 0 saturated carbocycles. The monoisotopic (exact) mass is 452 g/mol. The summed E-state index contributed by atoms with van der Waals surface area (Å²) in [5.74, 6) is 0.384. The van der Waals surface area contributed by atoms with Crippen molar-refractivity contribution in [3.05, 3.63) is 90.6 Å². The van der Waals surface area contributed by atoms with E-state index >= 15 is 0 Å². The summed E-state index contributed by atoms with van der Waals surface area (Å²) in [5.41, 5.74) is 4.74. The first-order valence-electron chi connectivity index (χ1n) is 11.0. The first-order chi connectivity index (χ1) is 16.7. The Bertz CT molecular complexity index is 1440. The van der Waals surface area contributed by atoms with Crippen molar-refractivity contribution in [2.24, 2.45) is 0 Å². The SMILES string of the molecule is CCC(c1ccccc1)n1cc(NC(=O)c2n[nH]c3cc(-c4cncc(OC)c4)ccc23)cn1. The molecule has 3 heterocycles. The lowest BCUT2D eigenvalue weighted by Crippen LogP contribution is -2.13. The number of fused-ring (bicyclic) bond motifs is 1. The Balaban J connectivity index is 1.36. The second-order valence-corrected chi connectivity index (χ2v) is 7.94. The lowest BCUT2D eigenvalue weighted by Gasteiger charge is -2.15. The van der Waals surface area contributed by atoms with Gasteiger partial charge in [0.15, 0.2) is 5.69 Å². The summed E-state index contributed by atoms with van der Waals surface area (Å²) in [4.78, 5) is 17.2. The summed E-state index contributed by atoms with van der Waals surface area (Å²) < 4.78 is 7.14. The van der Waals surface area contributed by atoms with Crippen LogP contribution in [0.4, 0.5) is 5.69 Å². The van der Waals surface area contributed by atoms with Gasteiger partial charge in [0.25, 0.3) is 5.91 Å². The molecule has 0 aliphatic rings. The summed E-state index contributed by atoms with van der Waals surface area (Å²) in [6.07, 6.45) is 7.82. The number of anilines is 1. The van der Waals surface area contributed by atoms with Crippen LogP contribution in [0.3, 0.4) is 0 Å². The number of aromatic nitrogens is 5. The molecule has 0 spiro atoms. The number of carbonyl (C=O) groups excluding carboxylic acids is 1. The first kappa shape index (κ1) is 21.4. The zero-order valence-electron chi connectivity index (χ0n) is 18.9. The van der Waals surface area contributed by atoms with Gasteiger partial charge in [-0.05, 0) is 35.7 Å². The van der Waals surface area contributed by atoms with Gasteiger partial charge in [0.1, 0.15) is 5.75 Å². The van der Waals surface area contributed by atoms with Crippen LogP contribution in [-0.2, 0) is 0 Å². The zero-order chi connectivity index (χ0) is 23.5. The number of hydrogen-bond donors (Lipinski definition) is 2. The molecular formula is C26H24N6O2. The Morgan fingerprint density at radius 3 is 2.74 bits per heavy atom. The summed E-state index contributed by atoms with van der Waals surface area (Å²) in [7, 11) is 1.61. The summed E-state index contributed by atoms with van der Waals surface area (Å²) in [6.45, 7) is 2.11. The zero-order valence-corrected chi connectivity index (χ0v) is 18.9. The predicted octanol–water partition coefficient (Wildman–Crippen LogP) is 5.08. The molecule has 5 rings (SSSR count). The van der Waals surface area contributed by atoms with Gasteiger partial charge >= 0.3 is 0 Å². The van der Waals surface area contributed by atoms with E-state index in [0.29, 0.717) is 17.1 Å². The van der Waals surface area contributed by atoms with Crippen molar-refractivity contribution in [2.75, 3.05) is 12.4 Å². The van der Waals surface area contributed by atoms with Crippen molar-refractivity contribution < 1.29 is 9.53 Å². The fourth-order valence-electron chi connectivity index (χ4n) is 4.07. The normalized spacial score (nSPS) is 11.9. The van der Waals surface area contributed by atoms with Crippen LogP contribution < -0.4 is 10.1 Å². The number of carbonyl (C=O) groups is 1. The number of ether oxygens (including phenoxy) is 1. The maximum Gasteiger partial charge on any atom is 0.276 e. The molecule has 0 aliphatic carbocycles. The number of methoxy groups -OCH3 is 1. The van der Waals surface area contributed by atoms with Gasteiger partial charge in [0.2, 0.25) is 0 Å². The quantitative estimate of drug-likeness (QED) is 0.359. The number of nitrogens with zero attached hydrogens (tertiary/aromatic N) is 4. The van der Waals surface area contributed by atoms with E-state index < -0.39 is 0 Å². The van der Waals surface area contributed by atoms with E-state index in [2.05, 4.69) is 44.7 Å². The number of nitrogens with one attached hydrogen (secondary N) is 2. The number of rotatable bonds is 7. The van der Waals surface area contributed by atoms with Crippen LogP contribution in [0.25, 0.3) is 22.0 Å². The average Bonchev–Trinajstić information content (AvgIpc) is 3.52. The third-order valence-corrected chi connectivity index (χ3v) is 5.81. The van der Waals surface area contributed by atoms with Gasteiger partial charge in [0.05, 0.1) is 36.7 Å². The molecule has 2 N–H and O–H groups in total. The topological polar surface area (TPSA) is 97.7 Å². The van der Waals surface area contributed by atoms with Crippen LogP contribution in [0.1, 0.15) is 35.4 Å². The second-order valence-electron chi connectivity index (χ2n) is 7.94. The molecule has 1 amide bonds. The molecule has 0 radical (unpaired) electrons. The average molecular weight is 453 g/mol. The number of H-pyrrole nitrogens is 1. The Hall–Kier alpha value is -4.46. The van der Waals surface area contributed by atoms with Crippen molar-refractivity contribution in [1.29, 1.82) is 0 Å². The van der Waals surface area contributed by atoms with Crippen molar-refractivity contribution >= 4 is 22.5 Å². The summed E-state index contributed by atoms with van der Waals surface area (Å²) in [6, 6.07) is 18.0. The van der Waals surface area contributed by atoms with E-state index in [-0.39, 0.29) is 11.9 Å².